The van der Waals surface area contributed by atoms with Gasteiger partial charge in [-0.05, 0) is 12.8 Å². The van der Waals surface area contributed by atoms with Crippen molar-refractivity contribution in [1.29, 1.82) is 0 Å². The van der Waals surface area contributed by atoms with E-state index in [9.17, 15) is 14.4 Å². The molecule has 0 rings (SSSR count). The van der Waals surface area contributed by atoms with E-state index < -0.39 is 24.0 Å². The predicted octanol–water partition coefficient (Wildman–Crippen LogP) is 0.180. The Kier molecular flexibility index (Phi) is 7.16. The number of carboxylic acids is 2. The van der Waals surface area contributed by atoms with Crippen LogP contribution in [0.4, 0.5) is 4.79 Å². The Morgan fingerprint density at radius 3 is 2.41 bits per heavy atom. The molecule has 0 radical (unpaired) electrons. The minimum atomic E-state index is -1.26. The van der Waals surface area contributed by atoms with Crippen molar-refractivity contribution in [3.63, 3.8) is 0 Å². The van der Waals surface area contributed by atoms with Crippen molar-refractivity contribution in [3.8, 4) is 0 Å². The highest BCUT2D eigenvalue weighted by Gasteiger charge is 2.20. The number of hydrogen-bond acceptors (Lipinski definition) is 3. The summed E-state index contributed by atoms with van der Waals surface area (Å²) in [5.74, 6) is -2.37. The largest absolute Gasteiger partial charge is 0.481 e. The smallest absolute Gasteiger partial charge is 0.326 e. The lowest BCUT2D eigenvalue weighted by Crippen LogP contribution is -2.46. The van der Waals surface area contributed by atoms with Gasteiger partial charge in [0.1, 0.15) is 6.04 Å². The number of urea groups is 1. The van der Waals surface area contributed by atoms with E-state index in [0.717, 1.165) is 0 Å². The van der Waals surface area contributed by atoms with Gasteiger partial charge in [-0.2, -0.15) is 0 Å². The Bertz CT molecular complexity index is 303. The Morgan fingerprint density at radius 1 is 1.29 bits per heavy atom. The van der Waals surface area contributed by atoms with Gasteiger partial charge in [0.05, 0.1) is 0 Å². The van der Waals surface area contributed by atoms with E-state index in [1.165, 1.54) is 0 Å². The molecule has 7 nitrogen and oxygen atoms in total. The molecule has 0 aromatic carbocycles. The molecule has 7 heteroatoms. The van der Waals surface area contributed by atoms with Crippen LogP contribution in [0.25, 0.3) is 0 Å². The van der Waals surface area contributed by atoms with Crippen LogP contribution in [0.2, 0.25) is 0 Å². The lowest BCUT2D eigenvalue weighted by atomic mass is 10.1. The van der Waals surface area contributed by atoms with Crippen molar-refractivity contribution < 1.29 is 24.6 Å². The van der Waals surface area contributed by atoms with Crippen LogP contribution in [0, 0.1) is 0 Å². The van der Waals surface area contributed by atoms with Crippen LogP contribution < -0.4 is 10.6 Å². The fraction of sp³-hybridized carbons (Fsp3) is 0.500. The molecular formula is C10H16N2O5. The molecule has 0 aromatic rings. The predicted molar refractivity (Wildman–Crippen MR) is 59.6 cm³/mol. The molecule has 4 N–H and O–H groups in total. The fourth-order valence-corrected chi connectivity index (χ4v) is 1.02. The van der Waals surface area contributed by atoms with E-state index in [2.05, 4.69) is 17.2 Å². The summed E-state index contributed by atoms with van der Waals surface area (Å²) in [5.41, 5.74) is 0. The maximum absolute atomic E-state index is 11.2. The van der Waals surface area contributed by atoms with E-state index >= 15 is 0 Å². The Morgan fingerprint density at radius 2 is 1.94 bits per heavy atom. The Labute approximate surface area is 98.5 Å². The number of carbonyl (C=O) groups excluding carboxylic acids is 1. The molecule has 0 saturated carbocycles. The third-order valence-electron chi connectivity index (χ3n) is 1.88. The fourth-order valence-electron chi connectivity index (χ4n) is 1.02. The number of aliphatic carboxylic acids is 2. The first-order chi connectivity index (χ1) is 7.97. The van der Waals surface area contributed by atoms with Crippen LogP contribution in [0.1, 0.15) is 19.3 Å². The van der Waals surface area contributed by atoms with Crippen LogP contribution in [-0.2, 0) is 9.59 Å². The first kappa shape index (κ1) is 14.9. The number of rotatable bonds is 8. The van der Waals surface area contributed by atoms with E-state index in [-0.39, 0.29) is 12.8 Å². The summed E-state index contributed by atoms with van der Waals surface area (Å²) in [6.07, 6.45) is 1.71. The van der Waals surface area contributed by atoms with E-state index in [4.69, 9.17) is 10.2 Å². The molecule has 0 aromatic heterocycles. The monoisotopic (exact) mass is 244 g/mol. The summed E-state index contributed by atoms with van der Waals surface area (Å²) in [4.78, 5) is 32.2. The topological polar surface area (TPSA) is 116 Å². The number of amides is 2. The van der Waals surface area contributed by atoms with Crippen molar-refractivity contribution >= 4 is 18.0 Å². The quantitative estimate of drug-likeness (QED) is 0.359. The molecule has 96 valence electrons. The van der Waals surface area contributed by atoms with Crippen LogP contribution in [0.5, 0.6) is 0 Å². The molecule has 0 aliphatic carbocycles. The zero-order valence-electron chi connectivity index (χ0n) is 9.31. The van der Waals surface area contributed by atoms with Crippen molar-refractivity contribution in [2.24, 2.45) is 0 Å². The number of carboxylic acid groups (broad SMARTS) is 2. The molecule has 1 atom stereocenters. The molecule has 0 bridgehead atoms. The van der Waals surface area contributed by atoms with Crippen LogP contribution in [0.15, 0.2) is 12.7 Å². The maximum atomic E-state index is 11.2. The summed E-state index contributed by atoms with van der Waals surface area (Å²) in [6, 6.07) is -1.83. The van der Waals surface area contributed by atoms with E-state index in [1.54, 1.807) is 6.08 Å². The number of hydrogen-bond donors (Lipinski definition) is 4. The SMILES string of the molecule is C=CCCNC(=O)N[C@@H](CCC(=O)O)C(=O)O. The molecule has 0 spiro atoms. The van der Waals surface area contributed by atoms with Crippen molar-refractivity contribution in [2.75, 3.05) is 6.54 Å². The Hall–Kier alpha value is -2.05. The van der Waals surface area contributed by atoms with Gasteiger partial charge in [-0.15, -0.1) is 6.58 Å². The summed E-state index contributed by atoms with van der Waals surface area (Å²) < 4.78 is 0. The average Bonchev–Trinajstić information content (AvgIpc) is 2.23. The van der Waals surface area contributed by atoms with Gasteiger partial charge >= 0.3 is 18.0 Å². The first-order valence-electron chi connectivity index (χ1n) is 5.07. The summed E-state index contributed by atoms with van der Waals surface area (Å²) in [6.45, 7) is 3.81. The average molecular weight is 244 g/mol. The number of carbonyl (C=O) groups is 3. The zero-order chi connectivity index (χ0) is 13.3. The van der Waals surface area contributed by atoms with Crippen LogP contribution >= 0.6 is 0 Å². The second kappa shape index (κ2) is 8.14. The highest BCUT2D eigenvalue weighted by Crippen LogP contribution is 1.97. The third-order valence-corrected chi connectivity index (χ3v) is 1.88. The van der Waals surface area contributed by atoms with E-state index in [1.807, 2.05) is 0 Å². The maximum Gasteiger partial charge on any atom is 0.326 e. The highest BCUT2D eigenvalue weighted by molar-refractivity contribution is 5.82. The number of nitrogens with one attached hydrogen (secondary N) is 2. The third kappa shape index (κ3) is 7.83. The van der Waals surface area contributed by atoms with Crippen LogP contribution in [0.3, 0.4) is 0 Å². The molecule has 2 amide bonds. The first-order valence-corrected chi connectivity index (χ1v) is 5.07. The molecule has 0 aliphatic rings. The van der Waals surface area contributed by atoms with Gasteiger partial charge in [-0.3, -0.25) is 4.79 Å². The van der Waals surface area contributed by atoms with Gasteiger partial charge in [0.15, 0.2) is 0 Å². The highest BCUT2D eigenvalue weighted by atomic mass is 16.4. The molecule has 0 aliphatic heterocycles. The van der Waals surface area contributed by atoms with Gasteiger partial charge in [-0.25, -0.2) is 9.59 Å². The molecule has 17 heavy (non-hydrogen) atoms. The van der Waals surface area contributed by atoms with Gasteiger partial charge < -0.3 is 20.8 Å². The minimum absolute atomic E-state index is 0.153. The van der Waals surface area contributed by atoms with Crippen molar-refractivity contribution in [1.82, 2.24) is 10.6 Å². The van der Waals surface area contributed by atoms with Crippen molar-refractivity contribution in [3.05, 3.63) is 12.7 Å². The summed E-state index contributed by atoms with van der Waals surface area (Å²) in [5, 5.41) is 21.8. The molecule has 0 saturated heterocycles. The second-order valence-corrected chi connectivity index (χ2v) is 3.30. The molecule has 0 fully saturated rings. The van der Waals surface area contributed by atoms with Gasteiger partial charge in [-0.1, -0.05) is 6.08 Å². The van der Waals surface area contributed by atoms with Crippen molar-refractivity contribution in [2.45, 2.75) is 25.3 Å². The molecular weight excluding hydrogens is 228 g/mol. The summed E-state index contributed by atoms with van der Waals surface area (Å²) >= 11 is 0. The van der Waals surface area contributed by atoms with Crippen LogP contribution in [-0.4, -0.2) is 40.8 Å². The lowest BCUT2D eigenvalue weighted by molar-refractivity contribution is -0.140. The standard InChI is InChI=1S/C10H16N2O5/c1-2-3-6-11-10(17)12-7(9(15)16)4-5-8(13)14/h2,7H,1,3-6H2,(H,13,14)(H,15,16)(H2,11,12,17)/t7-/m0/s1. The minimum Gasteiger partial charge on any atom is -0.481 e. The molecule has 0 heterocycles. The molecule has 0 unspecified atom stereocenters. The normalized spacial score (nSPS) is 11.3. The Balaban J connectivity index is 4.06. The zero-order valence-corrected chi connectivity index (χ0v) is 9.31. The lowest BCUT2D eigenvalue weighted by Gasteiger charge is -2.13. The van der Waals surface area contributed by atoms with Gasteiger partial charge in [0.25, 0.3) is 0 Å². The van der Waals surface area contributed by atoms with Gasteiger partial charge in [0.2, 0.25) is 0 Å². The second-order valence-electron chi connectivity index (χ2n) is 3.30. The van der Waals surface area contributed by atoms with Gasteiger partial charge in [0, 0.05) is 13.0 Å². The summed E-state index contributed by atoms with van der Waals surface area (Å²) in [7, 11) is 0. The van der Waals surface area contributed by atoms with E-state index in [0.29, 0.717) is 13.0 Å².